The molecular formula is C10H10N2O. The van der Waals surface area contributed by atoms with Gasteiger partial charge in [-0.2, -0.15) is 0 Å². The molecule has 2 rings (SSSR count). The molecule has 0 bridgehead atoms. The lowest BCUT2D eigenvalue weighted by Gasteiger charge is -2.02. The topological polar surface area (TPSA) is 48.0 Å². The SMILES string of the molecule is Cc1cccc2ccn(N)c(=O)c12. The number of nitrogens with zero attached hydrogens (tertiary/aromatic N) is 1. The molecule has 66 valence electrons. The van der Waals surface area contributed by atoms with Gasteiger partial charge in [0.2, 0.25) is 0 Å². The van der Waals surface area contributed by atoms with E-state index in [0.29, 0.717) is 5.39 Å². The first kappa shape index (κ1) is 7.86. The number of benzene rings is 1. The van der Waals surface area contributed by atoms with Gasteiger partial charge in [0.15, 0.2) is 0 Å². The molecule has 13 heavy (non-hydrogen) atoms. The Kier molecular flexibility index (Phi) is 1.59. The fraction of sp³-hybridized carbons (Fsp3) is 0.100. The Bertz CT molecular complexity index is 514. The summed E-state index contributed by atoms with van der Waals surface area (Å²) in [5.74, 6) is 5.46. The number of rotatable bonds is 0. The van der Waals surface area contributed by atoms with E-state index in [1.54, 1.807) is 6.20 Å². The van der Waals surface area contributed by atoms with E-state index in [4.69, 9.17) is 5.84 Å². The molecule has 0 aliphatic heterocycles. The van der Waals surface area contributed by atoms with Gasteiger partial charge in [-0.3, -0.25) is 4.79 Å². The van der Waals surface area contributed by atoms with E-state index in [0.717, 1.165) is 15.6 Å². The fourth-order valence-electron chi connectivity index (χ4n) is 1.48. The molecule has 0 atom stereocenters. The van der Waals surface area contributed by atoms with Gasteiger partial charge >= 0.3 is 0 Å². The maximum Gasteiger partial charge on any atom is 0.276 e. The van der Waals surface area contributed by atoms with Crippen LogP contribution in [0.5, 0.6) is 0 Å². The van der Waals surface area contributed by atoms with E-state index < -0.39 is 0 Å². The summed E-state index contributed by atoms with van der Waals surface area (Å²) in [6.45, 7) is 1.91. The van der Waals surface area contributed by atoms with Gasteiger partial charge in [-0.15, -0.1) is 0 Å². The average Bonchev–Trinajstić information content (AvgIpc) is 2.12. The van der Waals surface area contributed by atoms with Crippen molar-refractivity contribution in [3.05, 3.63) is 46.4 Å². The molecule has 0 unspecified atom stereocenters. The quantitative estimate of drug-likeness (QED) is 0.606. The molecule has 3 heteroatoms. The Morgan fingerprint density at radius 3 is 2.85 bits per heavy atom. The molecule has 0 aliphatic carbocycles. The summed E-state index contributed by atoms with van der Waals surface area (Å²) in [6.07, 6.45) is 1.57. The lowest BCUT2D eigenvalue weighted by atomic mass is 10.1. The monoisotopic (exact) mass is 174 g/mol. The Hall–Kier alpha value is -1.77. The Balaban J connectivity index is 3.06. The second-order valence-electron chi connectivity index (χ2n) is 3.07. The number of nitrogen functional groups attached to an aromatic ring is 1. The van der Waals surface area contributed by atoms with Crippen LogP contribution in [0.25, 0.3) is 10.8 Å². The second kappa shape index (κ2) is 2.62. The maximum absolute atomic E-state index is 11.6. The molecule has 1 aromatic heterocycles. The van der Waals surface area contributed by atoms with Crippen LogP contribution < -0.4 is 11.4 Å². The predicted molar refractivity (Wildman–Crippen MR) is 53.1 cm³/mol. The number of hydrogen-bond donors (Lipinski definition) is 1. The molecule has 0 amide bonds. The van der Waals surface area contributed by atoms with Gasteiger partial charge in [-0.1, -0.05) is 18.2 Å². The van der Waals surface area contributed by atoms with E-state index in [2.05, 4.69) is 0 Å². The number of fused-ring (bicyclic) bond motifs is 1. The van der Waals surface area contributed by atoms with E-state index in [1.807, 2.05) is 31.2 Å². The van der Waals surface area contributed by atoms with Crippen LogP contribution in [0.3, 0.4) is 0 Å². The molecule has 0 radical (unpaired) electrons. The number of hydrogen-bond acceptors (Lipinski definition) is 2. The molecule has 0 saturated heterocycles. The molecule has 1 heterocycles. The molecule has 1 aromatic carbocycles. The molecule has 2 N–H and O–H groups in total. The fourth-order valence-corrected chi connectivity index (χ4v) is 1.48. The van der Waals surface area contributed by atoms with Crippen molar-refractivity contribution in [3.63, 3.8) is 0 Å². The number of aryl methyl sites for hydroxylation is 1. The van der Waals surface area contributed by atoms with E-state index in [-0.39, 0.29) is 5.56 Å². The smallest absolute Gasteiger partial charge is 0.276 e. The van der Waals surface area contributed by atoms with Crippen molar-refractivity contribution in [1.82, 2.24) is 4.68 Å². The van der Waals surface area contributed by atoms with Crippen LogP contribution >= 0.6 is 0 Å². The van der Waals surface area contributed by atoms with Crippen LogP contribution in [0.15, 0.2) is 35.3 Å². The number of aromatic nitrogens is 1. The lowest BCUT2D eigenvalue weighted by molar-refractivity contribution is 0.952. The van der Waals surface area contributed by atoms with Crippen LogP contribution in [0.4, 0.5) is 0 Å². The third-order valence-electron chi connectivity index (χ3n) is 2.17. The van der Waals surface area contributed by atoms with Crippen LogP contribution in [0, 0.1) is 6.92 Å². The summed E-state index contributed by atoms with van der Waals surface area (Å²) >= 11 is 0. The molecule has 0 aliphatic rings. The van der Waals surface area contributed by atoms with Gasteiger partial charge in [0.25, 0.3) is 5.56 Å². The summed E-state index contributed by atoms with van der Waals surface area (Å²) in [5, 5.41) is 1.64. The Morgan fingerprint density at radius 1 is 1.31 bits per heavy atom. The summed E-state index contributed by atoms with van der Waals surface area (Å²) in [6, 6.07) is 7.58. The van der Waals surface area contributed by atoms with Crippen LogP contribution in [0.2, 0.25) is 0 Å². The zero-order valence-electron chi connectivity index (χ0n) is 7.32. The summed E-state index contributed by atoms with van der Waals surface area (Å²) < 4.78 is 1.11. The van der Waals surface area contributed by atoms with Crippen molar-refractivity contribution < 1.29 is 0 Å². The highest BCUT2D eigenvalue weighted by Gasteiger charge is 2.02. The highest BCUT2D eigenvalue weighted by molar-refractivity contribution is 5.84. The minimum absolute atomic E-state index is 0.143. The van der Waals surface area contributed by atoms with Crippen molar-refractivity contribution in [2.45, 2.75) is 6.92 Å². The normalized spacial score (nSPS) is 10.5. The third kappa shape index (κ3) is 1.09. The Labute approximate surface area is 75.4 Å². The minimum atomic E-state index is -0.143. The first-order chi connectivity index (χ1) is 6.20. The molecule has 0 spiro atoms. The molecule has 3 nitrogen and oxygen atoms in total. The molecule has 0 fully saturated rings. The lowest BCUT2D eigenvalue weighted by Crippen LogP contribution is -2.26. The maximum atomic E-state index is 11.6. The van der Waals surface area contributed by atoms with Gasteiger partial charge in [0.1, 0.15) is 0 Å². The molecule has 0 saturated carbocycles. The highest BCUT2D eigenvalue weighted by atomic mass is 16.1. The summed E-state index contributed by atoms with van der Waals surface area (Å²) in [7, 11) is 0. The zero-order valence-corrected chi connectivity index (χ0v) is 7.32. The molecular weight excluding hydrogens is 164 g/mol. The van der Waals surface area contributed by atoms with Crippen LogP contribution in [0.1, 0.15) is 5.56 Å². The summed E-state index contributed by atoms with van der Waals surface area (Å²) in [4.78, 5) is 11.6. The zero-order chi connectivity index (χ0) is 9.42. The van der Waals surface area contributed by atoms with Gasteiger partial charge in [-0.25, -0.2) is 4.68 Å². The van der Waals surface area contributed by atoms with Crippen molar-refractivity contribution in [2.75, 3.05) is 5.84 Å². The number of nitrogens with two attached hydrogens (primary N) is 1. The summed E-state index contributed by atoms with van der Waals surface area (Å²) in [5.41, 5.74) is 0.818. The predicted octanol–water partition coefficient (Wildman–Crippen LogP) is 1.02. The standard InChI is InChI=1S/C10H10N2O/c1-7-3-2-4-8-5-6-12(11)10(13)9(7)8/h2-6H,11H2,1H3. The van der Waals surface area contributed by atoms with E-state index in [9.17, 15) is 4.79 Å². The third-order valence-corrected chi connectivity index (χ3v) is 2.17. The largest absolute Gasteiger partial charge is 0.336 e. The first-order valence-electron chi connectivity index (χ1n) is 4.06. The van der Waals surface area contributed by atoms with E-state index in [1.165, 1.54) is 0 Å². The van der Waals surface area contributed by atoms with Gasteiger partial charge in [0.05, 0.1) is 5.39 Å². The van der Waals surface area contributed by atoms with Gasteiger partial charge in [-0.05, 0) is 23.9 Å². The second-order valence-corrected chi connectivity index (χ2v) is 3.07. The van der Waals surface area contributed by atoms with Gasteiger partial charge in [0, 0.05) is 6.20 Å². The van der Waals surface area contributed by atoms with Crippen LogP contribution in [-0.4, -0.2) is 4.68 Å². The minimum Gasteiger partial charge on any atom is -0.336 e. The van der Waals surface area contributed by atoms with Crippen molar-refractivity contribution >= 4 is 10.8 Å². The first-order valence-corrected chi connectivity index (χ1v) is 4.06. The average molecular weight is 174 g/mol. The van der Waals surface area contributed by atoms with Crippen LogP contribution in [-0.2, 0) is 0 Å². The molecule has 2 aromatic rings. The van der Waals surface area contributed by atoms with Crippen molar-refractivity contribution in [1.29, 1.82) is 0 Å². The van der Waals surface area contributed by atoms with Gasteiger partial charge < -0.3 is 5.84 Å². The highest BCUT2D eigenvalue weighted by Crippen LogP contribution is 2.12. The number of pyridine rings is 1. The van der Waals surface area contributed by atoms with Crippen molar-refractivity contribution in [3.8, 4) is 0 Å². The Morgan fingerprint density at radius 2 is 2.08 bits per heavy atom. The van der Waals surface area contributed by atoms with E-state index >= 15 is 0 Å². The van der Waals surface area contributed by atoms with Crippen molar-refractivity contribution in [2.24, 2.45) is 0 Å².